The first kappa shape index (κ1) is 12.6. The molecule has 0 atom stereocenters. The van der Waals surface area contributed by atoms with Crippen molar-refractivity contribution in [1.82, 2.24) is 0 Å². The summed E-state index contributed by atoms with van der Waals surface area (Å²) in [6, 6.07) is 16.7. The van der Waals surface area contributed by atoms with Crippen LogP contribution in [0.4, 0.5) is 0 Å². The molecule has 1 heterocycles. The largest absolute Gasteiger partial charge is 0.456 e. The Kier molecular flexibility index (Phi) is 3.35. The molecule has 0 bridgehead atoms. The van der Waals surface area contributed by atoms with E-state index in [1.807, 2.05) is 42.5 Å². The van der Waals surface area contributed by atoms with Crippen LogP contribution in [0.1, 0.15) is 5.56 Å². The minimum absolute atomic E-state index is 0.0697. The molecule has 0 fully saturated rings. The molecule has 3 aromatic rings. The third-order valence-corrected chi connectivity index (χ3v) is 3.29. The summed E-state index contributed by atoms with van der Waals surface area (Å²) in [5.41, 5.74) is 1.87. The van der Waals surface area contributed by atoms with Gasteiger partial charge in [-0.25, -0.2) is 0 Å². The topological polar surface area (TPSA) is 50.4 Å². The third-order valence-electron chi connectivity index (χ3n) is 3.29. The maximum absolute atomic E-state index is 12.5. The van der Waals surface area contributed by atoms with Gasteiger partial charge in [0.2, 0.25) is 0 Å². The molecule has 0 unspecified atom stereocenters. The Morgan fingerprint density at radius 1 is 0.950 bits per heavy atom. The van der Waals surface area contributed by atoms with E-state index in [0.29, 0.717) is 22.3 Å². The molecule has 0 saturated carbocycles. The first-order valence-corrected chi connectivity index (χ1v) is 6.52. The Morgan fingerprint density at radius 3 is 2.40 bits per heavy atom. The van der Waals surface area contributed by atoms with Crippen molar-refractivity contribution in [3.8, 4) is 11.3 Å². The second-order valence-electron chi connectivity index (χ2n) is 4.57. The van der Waals surface area contributed by atoms with Crippen LogP contribution in [0.25, 0.3) is 22.3 Å². The molecule has 100 valence electrons. The molecule has 3 heteroatoms. The van der Waals surface area contributed by atoms with E-state index in [2.05, 4.69) is 0 Å². The number of hydrogen-bond donors (Lipinski definition) is 1. The minimum atomic E-state index is -0.0804. The molecule has 20 heavy (non-hydrogen) atoms. The first-order valence-electron chi connectivity index (χ1n) is 6.52. The van der Waals surface area contributed by atoms with E-state index in [9.17, 15) is 9.90 Å². The molecule has 0 saturated heterocycles. The van der Waals surface area contributed by atoms with Gasteiger partial charge in [-0.05, 0) is 12.1 Å². The highest BCUT2D eigenvalue weighted by Crippen LogP contribution is 2.25. The van der Waals surface area contributed by atoms with Crippen molar-refractivity contribution in [1.29, 1.82) is 0 Å². The predicted octanol–water partition coefficient (Wildman–Crippen LogP) is 2.99. The predicted molar refractivity (Wildman–Crippen MR) is 78.7 cm³/mol. The van der Waals surface area contributed by atoms with E-state index >= 15 is 0 Å². The van der Waals surface area contributed by atoms with Crippen LogP contribution in [0.3, 0.4) is 0 Å². The monoisotopic (exact) mass is 266 g/mol. The van der Waals surface area contributed by atoms with Crippen molar-refractivity contribution in [2.75, 3.05) is 6.61 Å². The quantitative estimate of drug-likeness (QED) is 0.792. The van der Waals surface area contributed by atoms with Crippen LogP contribution in [0.5, 0.6) is 0 Å². The van der Waals surface area contributed by atoms with Gasteiger partial charge in [0.25, 0.3) is 0 Å². The molecule has 0 aliphatic heterocycles. The Balaban J connectivity index is 2.35. The molecule has 2 aromatic carbocycles. The van der Waals surface area contributed by atoms with Crippen molar-refractivity contribution in [2.24, 2.45) is 0 Å². The summed E-state index contributed by atoms with van der Waals surface area (Å²) in [6.45, 7) is -0.0804. The van der Waals surface area contributed by atoms with E-state index in [4.69, 9.17) is 4.42 Å². The highest BCUT2D eigenvalue weighted by molar-refractivity contribution is 5.80. The zero-order chi connectivity index (χ0) is 13.9. The molecule has 3 nitrogen and oxygen atoms in total. The summed E-state index contributed by atoms with van der Waals surface area (Å²) in [5.74, 6) is 0.545. The van der Waals surface area contributed by atoms with Crippen LogP contribution in [0, 0.1) is 0 Å². The zero-order valence-electron chi connectivity index (χ0n) is 10.9. The van der Waals surface area contributed by atoms with E-state index in [-0.39, 0.29) is 18.5 Å². The fraction of sp³-hybridized carbons (Fsp3) is 0.118. The van der Waals surface area contributed by atoms with Gasteiger partial charge < -0.3 is 9.52 Å². The van der Waals surface area contributed by atoms with Crippen molar-refractivity contribution >= 4 is 11.0 Å². The lowest BCUT2D eigenvalue weighted by Crippen LogP contribution is -2.12. The molecule has 0 aliphatic rings. The van der Waals surface area contributed by atoms with E-state index < -0.39 is 0 Å². The Bertz CT molecular complexity index is 788. The summed E-state index contributed by atoms with van der Waals surface area (Å²) in [7, 11) is 0. The lowest BCUT2D eigenvalue weighted by molar-refractivity contribution is 0.298. The number of hydrogen-bond acceptors (Lipinski definition) is 3. The lowest BCUT2D eigenvalue weighted by atomic mass is 10.0. The van der Waals surface area contributed by atoms with Crippen LogP contribution < -0.4 is 5.43 Å². The third kappa shape index (κ3) is 2.12. The zero-order valence-corrected chi connectivity index (χ0v) is 10.9. The summed E-state index contributed by atoms with van der Waals surface area (Å²) in [4.78, 5) is 12.5. The van der Waals surface area contributed by atoms with Crippen molar-refractivity contribution in [3.05, 3.63) is 70.4 Å². The number of aliphatic hydroxyl groups is 1. The number of benzene rings is 2. The van der Waals surface area contributed by atoms with Crippen LogP contribution in [0.15, 0.2) is 63.8 Å². The Labute approximate surface area is 116 Å². The van der Waals surface area contributed by atoms with Crippen LogP contribution >= 0.6 is 0 Å². The highest BCUT2D eigenvalue weighted by atomic mass is 16.3. The maximum atomic E-state index is 12.5. The minimum Gasteiger partial charge on any atom is -0.456 e. The van der Waals surface area contributed by atoms with Crippen LogP contribution in [-0.4, -0.2) is 11.7 Å². The van der Waals surface area contributed by atoms with E-state index in [1.54, 1.807) is 12.1 Å². The summed E-state index contributed by atoms with van der Waals surface area (Å²) >= 11 is 0. The van der Waals surface area contributed by atoms with Crippen molar-refractivity contribution < 1.29 is 9.52 Å². The average molecular weight is 266 g/mol. The smallest absolute Gasteiger partial charge is 0.196 e. The van der Waals surface area contributed by atoms with E-state index in [0.717, 1.165) is 5.56 Å². The highest BCUT2D eigenvalue weighted by Gasteiger charge is 2.14. The average Bonchev–Trinajstić information content (AvgIpc) is 2.51. The maximum Gasteiger partial charge on any atom is 0.196 e. The fourth-order valence-corrected chi connectivity index (χ4v) is 2.34. The second kappa shape index (κ2) is 5.31. The number of rotatable bonds is 3. The van der Waals surface area contributed by atoms with Gasteiger partial charge in [-0.15, -0.1) is 0 Å². The van der Waals surface area contributed by atoms with Gasteiger partial charge in [0, 0.05) is 24.2 Å². The van der Waals surface area contributed by atoms with Gasteiger partial charge in [-0.1, -0.05) is 42.5 Å². The standard InChI is InChI=1S/C17H14O3/c18-11-10-14-16(19)13-8-4-5-9-15(13)20-17(14)12-6-2-1-3-7-12/h1-9,18H,10-11H2. The van der Waals surface area contributed by atoms with E-state index in [1.165, 1.54) is 0 Å². The van der Waals surface area contributed by atoms with Gasteiger partial charge in [0.05, 0.1) is 5.39 Å². The van der Waals surface area contributed by atoms with Gasteiger partial charge >= 0.3 is 0 Å². The van der Waals surface area contributed by atoms with Crippen molar-refractivity contribution in [2.45, 2.75) is 6.42 Å². The summed E-state index contributed by atoms with van der Waals surface area (Å²) in [6.07, 6.45) is 0.289. The van der Waals surface area contributed by atoms with Gasteiger partial charge in [0.15, 0.2) is 5.43 Å². The molecule has 1 N–H and O–H groups in total. The van der Waals surface area contributed by atoms with Crippen LogP contribution in [-0.2, 0) is 6.42 Å². The molecule has 3 rings (SSSR count). The molecule has 0 spiro atoms. The molecule has 1 aromatic heterocycles. The Morgan fingerprint density at radius 2 is 1.65 bits per heavy atom. The number of fused-ring (bicyclic) bond motifs is 1. The Hall–Kier alpha value is -2.39. The molecule has 0 amide bonds. The SMILES string of the molecule is O=c1c(CCO)c(-c2ccccc2)oc2ccccc12. The van der Waals surface area contributed by atoms with Gasteiger partial charge in [-0.2, -0.15) is 0 Å². The first-order chi connectivity index (χ1) is 9.81. The van der Waals surface area contributed by atoms with Crippen molar-refractivity contribution in [3.63, 3.8) is 0 Å². The summed E-state index contributed by atoms with van der Waals surface area (Å²) < 4.78 is 5.90. The molecular weight excluding hydrogens is 252 g/mol. The summed E-state index contributed by atoms with van der Waals surface area (Å²) in [5, 5.41) is 9.76. The fourth-order valence-electron chi connectivity index (χ4n) is 2.34. The normalized spacial score (nSPS) is 10.8. The number of para-hydroxylation sites is 1. The lowest BCUT2D eigenvalue weighted by Gasteiger charge is -2.09. The second-order valence-corrected chi connectivity index (χ2v) is 4.57. The van der Waals surface area contributed by atoms with Crippen LogP contribution in [0.2, 0.25) is 0 Å². The molecule has 0 radical (unpaired) electrons. The van der Waals surface area contributed by atoms with Gasteiger partial charge in [-0.3, -0.25) is 4.79 Å². The number of aliphatic hydroxyl groups excluding tert-OH is 1. The van der Waals surface area contributed by atoms with Gasteiger partial charge in [0.1, 0.15) is 11.3 Å². The molecular formula is C17H14O3. The molecule has 0 aliphatic carbocycles.